The van der Waals surface area contributed by atoms with Crippen molar-refractivity contribution in [2.24, 2.45) is 0 Å². The molecular formula is C33H20O4S2. The molecule has 0 bridgehead atoms. The molecule has 7 aromatic rings. The highest BCUT2D eigenvalue weighted by atomic mass is 32.1. The average Bonchev–Trinajstić information content (AvgIpc) is 3.56. The maximum atomic E-state index is 13.8. The molecule has 0 radical (unpaired) electrons. The van der Waals surface area contributed by atoms with E-state index in [1.165, 1.54) is 22.7 Å². The first-order valence-corrected chi connectivity index (χ1v) is 14.1. The molecule has 5 aromatic carbocycles. The lowest BCUT2D eigenvalue weighted by molar-refractivity contribution is 0.0479. The van der Waals surface area contributed by atoms with E-state index in [4.69, 9.17) is 4.74 Å². The molecule has 2 aromatic heterocycles. The van der Waals surface area contributed by atoms with E-state index in [0.717, 1.165) is 47.3 Å². The minimum atomic E-state index is -1.02. The fraction of sp³-hybridized carbons (Fsp3) is 0.0303. The average molecular weight is 545 g/mol. The highest BCUT2D eigenvalue weighted by Crippen LogP contribution is 2.50. The number of thiophene rings is 2. The van der Waals surface area contributed by atoms with Crippen molar-refractivity contribution in [2.75, 3.05) is 0 Å². The van der Waals surface area contributed by atoms with Crippen molar-refractivity contribution in [3.63, 3.8) is 0 Å². The van der Waals surface area contributed by atoms with Gasteiger partial charge >= 0.3 is 11.9 Å². The van der Waals surface area contributed by atoms with Crippen molar-refractivity contribution in [2.45, 2.75) is 6.61 Å². The van der Waals surface area contributed by atoms with Gasteiger partial charge in [-0.1, -0.05) is 91.0 Å². The topological polar surface area (TPSA) is 63.6 Å². The van der Waals surface area contributed by atoms with Crippen molar-refractivity contribution < 1.29 is 19.4 Å². The Labute approximate surface area is 231 Å². The van der Waals surface area contributed by atoms with E-state index in [2.05, 4.69) is 0 Å². The predicted molar refractivity (Wildman–Crippen MR) is 160 cm³/mol. The Morgan fingerprint density at radius 2 is 1.13 bits per heavy atom. The van der Waals surface area contributed by atoms with Crippen LogP contribution in [0.2, 0.25) is 0 Å². The maximum Gasteiger partial charge on any atom is 0.349 e. The zero-order valence-electron chi connectivity index (χ0n) is 20.5. The SMILES string of the molecule is O=C(O)c1sc2ccc3ccccc3c2c1-c1c(C(=O)OCc2ccccc2)sc2ccc3ccccc3c12. The Kier molecular flexibility index (Phi) is 5.65. The molecule has 2 heterocycles. The number of ether oxygens (including phenoxy) is 1. The van der Waals surface area contributed by atoms with E-state index in [1.807, 2.05) is 103 Å². The second-order valence-electron chi connectivity index (χ2n) is 9.30. The molecule has 0 saturated carbocycles. The van der Waals surface area contributed by atoms with Crippen molar-refractivity contribution in [1.82, 2.24) is 0 Å². The van der Waals surface area contributed by atoms with E-state index in [0.29, 0.717) is 16.0 Å². The molecule has 0 aliphatic heterocycles. The van der Waals surface area contributed by atoms with Crippen molar-refractivity contribution in [3.05, 3.63) is 118 Å². The number of carbonyl (C=O) groups is 2. The molecule has 0 spiro atoms. The quantitative estimate of drug-likeness (QED) is 0.220. The van der Waals surface area contributed by atoms with E-state index in [9.17, 15) is 14.7 Å². The summed E-state index contributed by atoms with van der Waals surface area (Å²) in [4.78, 5) is 27.1. The van der Waals surface area contributed by atoms with E-state index >= 15 is 0 Å². The number of hydrogen-bond acceptors (Lipinski definition) is 5. The standard InChI is InChI=1S/C33H20O4S2/c34-32(35)30-28(26-22-12-6-4-10-20(22)14-16-24(26)38-30)29-27-23-13-7-5-11-21(23)15-17-25(27)39-31(29)33(36)37-18-19-8-2-1-3-9-19/h1-17H,18H2,(H,34,35). The summed E-state index contributed by atoms with van der Waals surface area (Å²) in [7, 11) is 0. The molecule has 0 unspecified atom stereocenters. The smallest absolute Gasteiger partial charge is 0.349 e. The first-order valence-electron chi connectivity index (χ1n) is 12.4. The summed E-state index contributed by atoms with van der Waals surface area (Å²) >= 11 is 2.59. The maximum absolute atomic E-state index is 13.8. The minimum Gasteiger partial charge on any atom is -0.477 e. The van der Waals surface area contributed by atoms with Gasteiger partial charge in [0.15, 0.2) is 0 Å². The van der Waals surface area contributed by atoms with Crippen LogP contribution in [-0.4, -0.2) is 17.0 Å². The van der Waals surface area contributed by atoms with Crippen LogP contribution < -0.4 is 0 Å². The van der Waals surface area contributed by atoms with Gasteiger partial charge in [0.05, 0.1) is 0 Å². The van der Waals surface area contributed by atoms with Crippen LogP contribution in [0, 0.1) is 0 Å². The van der Waals surface area contributed by atoms with Crippen LogP contribution in [0.3, 0.4) is 0 Å². The summed E-state index contributed by atoms with van der Waals surface area (Å²) in [6.45, 7) is 0.132. The molecular weight excluding hydrogens is 524 g/mol. The highest BCUT2D eigenvalue weighted by molar-refractivity contribution is 7.23. The van der Waals surface area contributed by atoms with Crippen LogP contribution in [0.25, 0.3) is 52.8 Å². The third-order valence-corrected chi connectivity index (χ3v) is 9.28. The molecule has 188 valence electrons. The Hall–Kier alpha value is -4.52. The molecule has 39 heavy (non-hydrogen) atoms. The van der Waals surface area contributed by atoms with Crippen molar-refractivity contribution in [3.8, 4) is 11.1 Å². The van der Waals surface area contributed by atoms with Crippen LogP contribution in [0.15, 0.2) is 103 Å². The van der Waals surface area contributed by atoms with Crippen LogP contribution >= 0.6 is 22.7 Å². The number of benzene rings is 5. The fourth-order valence-electron chi connectivity index (χ4n) is 5.30. The van der Waals surface area contributed by atoms with Gasteiger partial charge in [-0.05, 0) is 39.2 Å². The predicted octanol–water partition coefficient (Wildman–Crippen LogP) is 9.14. The van der Waals surface area contributed by atoms with Gasteiger partial charge in [0.2, 0.25) is 0 Å². The van der Waals surface area contributed by atoms with E-state index < -0.39 is 11.9 Å². The molecule has 0 amide bonds. The van der Waals surface area contributed by atoms with Gasteiger partial charge in [-0.15, -0.1) is 22.7 Å². The highest BCUT2D eigenvalue weighted by Gasteiger charge is 2.30. The summed E-state index contributed by atoms with van der Waals surface area (Å²) in [6, 6.07) is 33.5. The monoisotopic (exact) mass is 544 g/mol. The molecule has 0 atom stereocenters. The van der Waals surface area contributed by atoms with Crippen LogP contribution in [-0.2, 0) is 11.3 Å². The van der Waals surface area contributed by atoms with Crippen LogP contribution in [0.5, 0.6) is 0 Å². The van der Waals surface area contributed by atoms with Gasteiger partial charge in [-0.2, -0.15) is 0 Å². The molecule has 0 saturated heterocycles. The lowest BCUT2D eigenvalue weighted by atomic mass is 9.93. The second kappa shape index (κ2) is 9.34. The molecule has 6 heteroatoms. The molecule has 4 nitrogen and oxygen atoms in total. The molecule has 0 fully saturated rings. The van der Waals surface area contributed by atoms with E-state index in [-0.39, 0.29) is 11.5 Å². The van der Waals surface area contributed by atoms with Gasteiger partial charge < -0.3 is 9.84 Å². The Morgan fingerprint density at radius 3 is 1.72 bits per heavy atom. The number of hydrogen-bond donors (Lipinski definition) is 1. The summed E-state index contributed by atoms with van der Waals surface area (Å²) in [5, 5.41) is 16.1. The molecule has 0 aliphatic carbocycles. The number of carbonyl (C=O) groups excluding carboxylic acids is 1. The first kappa shape index (κ1) is 23.6. The first-order chi connectivity index (χ1) is 19.1. The number of rotatable bonds is 5. The lowest BCUT2D eigenvalue weighted by Gasteiger charge is -2.10. The third-order valence-electron chi connectivity index (χ3n) is 7.00. The summed E-state index contributed by atoms with van der Waals surface area (Å²) in [5.74, 6) is -1.48. The largest absolute Gasteiger partial charge is 0.477 e. The van der Waals surface area contributed by atoms with Crippen molar-refractivity contribution in [1.29, 1.82) is 0 Å². The normalized spacial score (nSPS) is 11.5. The zero-order chi connectivity index (χ0) is 26.5. The van der Waals surface area contributed by atoms with Crippen LogP contribution in [0.4, 0.5) is 0 Å². The summed E-state index contributed by atoms with van der Waals surface area (Å²) in [5.41, 5.74) is 2.09. The van der Waals surface area contributed by atoms with Gasteiger partial charge in [-0.3, -0.25) is 0 Å². The Balaban J connectivity index is 1.57. The fourth-order valence-corrected chi connectivity index (χ4v) is 7.48. The lowest BCUT2D eigenvalue weighted by Crippen LogP contribution is -2.05. The Bertz CT molecular complexity index is 2070. The van der Waals surface area contributed by atoms with Crippen LogP contribution in [0.1, 0.15) is 24.9 Å². The van der Waals surface area contributed by atoms with Gasteiger partial charge in [0, 0.05) is 31.3 Å². The Morgan fingerprint density at radius 1 is 0.615 bits per heavy atom. The third kappa shape index (κ3) is 3.88. The zero-order valence-corrected chi connectivity index (χ0v) is 22.1. The molecule has 7 rings (SSSR count). The molecule has 0 aliphatic rings. The van der Waals surface area contributed by atoms with Gasteiger partial charge in [-0.25, -0.2) is 9.59 Å². The van der Waals surface area contributed by atoms with Gasteiger partial charge in [0.25, 0.3) is 0 Å². The second-order valence-corrected chi connectivity index (χ2v) is 11.4. The number of esters is 1. The number of carboxylic acids is 1. The number of fused-ring (bicyclic) bond motifs is 6. The minimum absolute atomic E-state index is 0.132. The van der Waals surface area contributed by atoms with Gasteiger partial charge in [0.1, 0.15) is 16.4 Å². The summed E-state index contributed by atoms with van der Waals surface area (Å²) < 4.78 is 7.60. The number of carboxylic acid groups (broad SMARTS) is 1. The molecule has 1 N–H and O–H groups in total. The summed E-state index contributed by atoms with van der Waals surface area (Å²) in [6.07, 6.45) is 0. The number of aromatic carboxylic acids is 1. The van der Waals surface area contributed by atoms with E-state index in [1.54, 1.807) is 0 Å². The van der Waals surface area contributed by atoms with Crippen molar-refractivity contribution >= 4 is 76.3 Å².